The normalized spacial score (nSPS) is 12.0. The molecule has 0 aliphatic heterocycles. The SMILES string of the molecule is C/C(=C\C(=O)O)c1c(C)[nH]c2ccccc12. The summed E-state index contributed by atoms with van der Waals surface area (Å²) >= 11 is 0. The first-order chi connectivity index (χ1) is 7.59. The van der Waals surface area contributed by atoms with Crippen molar-refractivity contribution in [3.63, 3.8) is 0 Å². The second-order valence-corrected chi connectivity index (χ2v) is 3.84. The van der Waals surface area contributed by atoms with E-state index in [4.69, 9.17) is 5.11 Å². The molecule has 3 nitrogen and oxygen atoms in total. The third-order valence-electron chi connectivity index (χ3n) is 2.63. The van der Waals surface area contributed by atoms with E-state index in [1.54, 1.807) is 0 Å². The minimum absolute atomic E-state index is 0.766. The van der Waals surface area contributed by atoms with Gasteiger partial charge in [-0.15, -0.1) is 0 Å². The number of benzene rings is 1. The first-order valence-corrected chi connectivity index (χ1v) is 5.08. The van der Waals surface area contributed by atoms with Gasteiger partial charge in [-0.05, 0) is 25.5 Å². The number of H-pyrrole nitrogens is 1. The zero-order valence-electron chi connectivity index (χ0n) is 9.24. The molecule has 0 aliphatic rings. The van der Waals surface area contributed by atoms with E-state index in [1.807, 2.05) is 38.1 Å². The van der Waals surface area contributed by atoms with Gasteiger partial charge >= 0.3 is 5.97 Å². The number of hydrogen-bond donors (Lipinski definition) is 2. The fourth-order valence-electron chi connectivity index (χ4n) is 2.04. The molecular weight excluding hydrogens is 202 g/mol. The third kappa shape index (κ3) is 1.72. The lowest BCUT2D eigenvalue weighted by Gasteiger charge is -2.00. The number of fused-ring (bicyclic) bond motifs is 1. The smallest absolute Gasteiger partial charge is 0.328 e. The number of rotatable bonds is 2. The molecule has 2 aromatic rings. The number of allylic oxidation sites excluding steroid dienone is 1. The molecule has 82 valence electrons. The minimum atomic E-state index is -0.915. The van der Waals surface area contributed by atoms with Crippen molar-refractivity contribution in [2.75, 3.05) is 0 Å². The number of carboxylic acid groups (broad SMARTS) is 1. The number of para-hydroxylation sites is 1. The van der Waals surface area contributed by atoms with Crippen LogP contribution in [0.3, 0.4) is 0 Å². The lowest BCUT2D eigenvalue weighted by Crippen LogP contribution is -1.90. The van der Waals surface area contributed by atoms with Gasteiger partial charge < -0.3 is 10.1 Å². The molecule has 0 spiro atoms. The summed E-state index contributed by atoms with van der Waals surface area (Å²) in [6.07, 6.45) is 1.24. The monoisotopic (exact) mass is 215 g/mol. The first kappa shape index (κ1) is 10.5. The Hall–Kier alpha value is -2.03. The van der Waals surface area contributed by atoms with Crippen molar-refractivity contribution in [2.45, 2.75) is 13.8 Å². The van der Waals surface area contributed by atoms with Crippen molar-refractivity contribution >= 4 is 22.4 Å². The Kier molecular flexibility index (Phi) is 2.52. The molecule has 0 fully saturated rings. The van der Waals surface area contributed by atoms with Gasteiger partial charge in [0.25, 0.3) is 0 Å². The standard InChI is InChI=1S/C13H13NO2/c1-8(7-12(15)16)13-9(2)14-11-6-4-3-5-10(11)13/h3-7,14H,1-2H3,(H,15,16)/b8-7+. The first-order valence-electron chi connectivity index (χ1n) is 5.08. The van der Waals surface area contributed by atoms with E-state index in [2.05, 4.69) is 4.98 Å². The third-order valence-corrected chi connectivity index (χ3v) is 2.63. The van der Waals surface area contributed by atoms with Gasteiger partial charge in [-0.2, -0.15) is 0 Å². The maximum absolute atomic E-state index is 10.7. The molecule has 2 N–H and O–H groups in total. The largest absolute Gasteiger partial charge is 0.478 e. The van der Waals surface area contributed by atoms with Gasteiger partial charge in [0.2, 0.25) is 0 Å². The fraction of sp³-hybridized carbons (Fsp3) is 0.154. The fourth-order valence-corrected chi connectivity index (χ4v) is 2.04. The molecule has 0 saturated carbocycles. The van der Waals surface area contributed by atoms with Gasteiger partial charge in [0.05, 0.1) is 0 Å². The number of aryl methyl sites for hydroxylation is 1. The van der Waals surface area contributed by atoms with Crippen LogP contribution >= 0.6 is 0 Å². The van der Waals surface area contributed by atoms with E-state index in [-0.39, 0.29) is 0 Å². The number of aliphatic carboxylic acids is 1. The molecular formula is C13H13NO2. The van der Waals surface area contributed by atoms with Crippen molar-refractivity contribution in [3.8, 4) is 0 Å². The van der Waals surface area contributed by atoms with Crippen molar-refractivity contribution in [1.82, 2.24) is 4.98 Å². The lowest BCUT2D eigenvalue weighted by atomic mass is 10.0. The summed E-state index contributed by atoms with van der Waals surface area (Å²) in [7, 11) is 0. The van der Waals surface area contributed by atoms with Crippen LogP contribution in [0.1, 0.15) is 18.2 Å². The molecule has 1 heterocycles. The maximum Gasteiger partial charge on any atom is 0.328 e. The van der Waals surface area contributed by atoms with Crippen LogP contribution in [0, 0.1) is 6.92 Å². The van der Waals surface area contributed by atoms with E-state index in [0.717, 1.165) is 27.7 Å². The van der Waals surface area contributed by atoms with Gasteiger partial charge in [0, 0.05) is 28.2 Å². The summed E-state index contributed by atoms with van der Waals surface area (Å²) in [6, 6.07) is 7.89. The van der Waals surface area contributed by atoms with Crippen LogP contribution in [0.4, 0.5) is 0 Å². The Bertz CT molecular complexity index is 579. The summed E-state index contributed by atoms with van der Waals surface area (Å²) in [5, 5.41) is 9.82. The van der Waals surface area contributed by atoms with Crippen LogP contribution in [-0.4, -0.2) is 16.1 Å². The summed E-state index contributed by atoms with van der Waals surface area (Å²) in [5.74, 6) is -0.915. The van der Waals surface area contributed by atoms with Crippen molar-refractivity contribution in [3.05, 3.63) is 41.6 Å². The van der Waals surface area contributed by atoms with Gasteiger partial charge in [0.15, 0.2) is 0 Å². The summed E-state index contributed by atoms with van der Waals surface area (Å²) in [4.78, 5) is 13.9. The molecule has 16 heavy (non-hydrogen) atoms. The van der Waals surface area contributed by atoms with Crippen LogP contribution in [0.15, 0.2) is 30.3 Å². The summed E-state index contributed by atoms with van der Waals surface area (Å²) in [6.45, 7) is 3.77. The molecule has 3 heteroatoms. The van der Waals surface area contributed by atoms with Crippen LogP contribution in [0.5, 0.6) is 0 Å². The lowest BCUT2D eigenvalue weighted by molar-refractivity contribution is -0.131. The minimum Gasteiger partial charge on any atom is -0.478 e. The Morgan fingerprint density at radius 2 is 2.06 bits per heavy atom. The highest BCUT2D eigenvalue weighted by Crippen LogP contribution is 2.27. The number of nitrogens with one attached hydrogen (secondary N) is 1. The summed E-state index contributed by atoms with van der Waals surface area (Å²) in [5.41, 5.74) is 3.78. The zero-order chi connectivity index (χ0) is 11.7. The second-order valence-electron chi connectivity index (χ2n) is 3.84. The van der Waals surface area contributed by atoms with Crippen molar-refractivity contribution in [1.29, 1.82) is 0 Å². The maximum atomic E-state index is 10.7. The van der Waals surface area contributed by atoms with E-state index >= 15 is 0 Å². The molecule has 0 aliphatic carbocycles. The number of carbonyl (C=O) groups is 1. The van der Waals surface area contributed by atoms with Crippen LogP contribution < -0.4 is 0 Å². The Morgan fingerprint density at radius 1 is 1.38 bits per heavy atom. The van der Waals surface area contributed by atoms with Crippen LogP contribution in [0.25, 0.3) is 16.5 Å². The highest BCUT2D eigenvalue weighted by Gasteiger charge is 2.09. The predicted molar refractivity (Wildman–Crippen MR) is 64.3 cm³/mol. The molecule has 0 unspecified atom stereocenters. The number of carboxylic acids is 1. The molecule has 0 bridgehead atoms. The van der Waals surface area contributed by atoms with E-state index in [1.165, 1.54) is 6.08 Å². The van der Waals surface area contributed by atoms with Crippen LogP contribution in [0.2, 0.25) is 0 Å². The molecule has 0 radical (unpaired) electrons. The highest BCUT2D eigenvalue weighted by atomic mass is 16.4. The number of aromatic amines is 1. The Morgan fingerprint density at radius 3 is 2.75 bits per heavy atom. The Balaban J connectivity index is 2.68. The molecule has 1 aromatic carbocycles. The quantitative estimate of drug-likeness (QED) is 0.757. The number of hydrogen-bond acceptors (Lipinski definition) is 1. The molecule has 0 saturated heterocycles. The molecule has 0 amide bonds. The Labute approximate surface area is 93.4 Å². The highest BCUT2D eigenvalue weighted by molar-refractivity contribution is 5.98. The summed E-state index contributed by atoms with van der Waals surface area (Å²) < 4.78 is 0. The average Bonchev–Trinajstić information content (AvgIpc) is 2.52. The molecule has 2 rings (SSSR count). The molecule has 1 aromatic heterocycles. The predicted octanol–water partition coefficient (Wildman–Crippen LogP) is 2.96. The molecule has 0 atom stereocenters. The van der Waals surface area contributed by atoms with Gasteiger partial charge in [0.1, 0.15) is 0 Å². The van der Waals surface area contributed by atoms with Crippen molar-refractivity contribution in [2.24, 2.45) is 0 Å². The van der Waals surface area contributed by atoms with Gasteiger partial charge in [-0.3, -0.25) is 0 Å². The van der Waals surface area contributed by atoms with E-state index in [0.29, 0.717) is 0 Å². The van der Waals surface area contributed by atoms with E-state index < -0.39 is 5.97 Å². The van der Waals surface area contributed by atoms with Crippen molar-refractivity contribution < 1.29 is 9.90 Å². The van der Waals surface area contributed by atoms with Gasteiger partial charge in [-0.25, -0.2) is 4.79 Å². The number of aromatic nitrogens is 1. The van der Waals surface area contributed by atoms with Gasteiger partial charge in [-0.1, -0.05) is 18.2 Å². The van der Waals surface area contributed by atoms with Crippen LogP contribution in [-0.2, 0) is 4.79 Å². The zero-order valence-corrected chi connectivity index (χ0v) is 9.24. The topological polar surface area (TPSA) is 53.1 Å². The second kappa shape index (κ2) is 3.85. The average molecular weight is 215 g/mol. The van der Waals surface area contributed by atoms with E-state index in [9.17, 15) is 4.79 Å².